The van der Waals surface area contributed by atoms with E-state index in [0.717, 1.165) is 9.13 Å². The minimum atomic E-state index is -0.819. The molecule has 18 heavy (non-hydrogen) atoms. The molecule has 1 atom stereocenters. The maximum atomic E-state index is 10.4. The Morgan fingerprint density at radius 2 is 1.50 bits per heavy atom. The minimum Gasteiger partial charge on any atom is -0.384 e. The molecule has 1 N–H and O–H groups in total. The molecule has 5 heteroatoms. The van der Waals surface area contributed by atoms with Crippen LogP contribution in [0.1, 0.15) is 17.2 Å². The van der Waals surface area contributed by atoms with E-state index in [4.69, 9.17) is 34.8 Å². The lowest BCUT2D eigenvalue weighted by atomic mass is 10.0. The van der Waals surface area contributed by atoms with Gasteiger partial charge in [0.15, 0.2) is 0 Å². The quantitative estimate of drug-likeness (QED) is 0.660. The molecule has 0 heterocycles. The molecule has 0 aliphatic heterocycles. The number of aliphatic hydroxyl groups is 1. The van der Waals surface area contributed by atoms with Crippen molar-refractivity contribution in [1.29, 1.82) is 0 Å². The first-order valence-electron chi connectivity index (χ1n) is 5.07. The van der Waals surface area contributed by atoms with Crippen LogP contribution in [0, 0.1) is 3.57 Å². The maximum absolute atomic E-state index is 10.4. The van der Waals surface area contributed by atoms with Crippen molar-refractivity contribution in [3.8, 4) is 0 Å². The van der Waals surface area contributed by atoms with Crippen molar-refractivity contribution in [3.63, 3.8) is 0 Å². The molecule has 0 amide bonds. The standard InChI is InChI=1S/C13H8Cl3IO/c14-7-2-4-12(17)10(5-7)13(18)9-3-1-8(15)6-11(9)16/h1-6,13,18H. The Morgan fingerprint density at radius 1 is 0.889 bits per heavy atom. The molecule has 1 nitrogen and oxygen atoms in total. The Labute approximate surface area is 134 Å². The molecule has 94 valence electrons. The molecular formula is C13H8Cl3IO. The largest absolute Gasteiger partial charge is 0.384 e. The van der Waals surface area contributed by atoms with Crippen LogP contribution >= 0.6 is 57.4 Å². The van der Waals surface area contributed by atoms with Gasteiger partial charge in [-0.2, -0.15) is 0 Å². The zero-order valence-corrected chi connectivity index (χ0v) is 13.4. The summed E-state index contributed by atoms with van der Waals surface area (Å²) in [7, 11) is 0. The van der Waals surface area contributed by atoms with Gasteiger partial charge in [-0.1, -0.05) is 40.9 Å². The van der Waals surface area contributed by atoms with Gasteiger partial charge in [0.05, 0.1) is 0 Å². The Hall–Kier alpha value is -0.000000000000000111. The van der Waals surface area contributed by atoms with E-state index in [1.54, 1.807) is 30.3 Å². The van der Waals surface area contributed by atoms with Crippen molar-refractivity contribution < 1.29 is 5.11 Å². The first-order chi connectivity index (χ1) is 8.49. The second-order valence-electron chi connectivity index (χ2n) is 3.73. The number of hydrogen-bond donors (Lipinski definition) is 1. The molecule has 0 fully saturated rings. The van der Waals surface area contributed by atoms with Crippen LogP contribution in [0.3, 0.4) is 0 Å². The molecule has 0 saturated carbocycles. The summed E-state index contributed by atoms with van der Waals surface area (Å²) in [6.07, 6.45) is -0.819. The lowest BCUT2D eigenvalue weighted by Gasteiger charge is -2.15. The third-order valence-corrected chi connectivity index (χ3v) is 4.29. The summed E-state index contributed by atoms with van der Waals surface area (Å²) in [4.78, 5) is 0. The molecule has 0 spiro atoms. The van der Waals surface area contributed by atoms with Gasteiger partial charge < -0.3 is 5.11 Å². The smallest absolute Gasteiger partial charge is 0.107 e. The average Bonchev–Trinajstić information content (AvgIpc) is 2.31. The summed E-state index contributed by atoms with van der Waals surface area (Å²) in [5, 5.41) is 11.9. The fraction of sp³-hybridized carbons (Fsp3) is 0.0769. The Kier molecular flexibility index (Phi) is 4.78. The van der Waals surface area contributed by atoms with E-state index in [0.29, 0.717) is 20.6 Å². The van der Waals surface area contributed by atoms with Gasteiger partial charge in [0, 0.05) is 24.2 Å². The van der Waals surface area contributed by atoms with Crippen molar-refractivity contribution in [2.75, 3.05) is 0 Å². The van der Waals surface area contributed by atoms with Crippen molar-refractivity contribution in [2.45, 2.75) is 6.10 Å². The lowest BCUT2D eigenvalue weighted by molar-refractivity contribution is 0.219. The fourth-order valence-corrected chi connectivity index (χ4v) is 2.94. The van der Waals surface area contributed by atoms with Gasteiger partial charge in [-0.05, 0) is 58.5 Å². The molecule has 0 bridgehead atoms. The number of hydrogen-bond acceptors (Lipinski definition) is 1. The summed E-state index contributed by atoms with van der Waals surface area (Å²) >= 11 is 20.0. The summed E-state index contributed by atoms with van der Waals surface area (Å²) < 4.78 is 0.926. The molecule has 0 aromatic heterocycles. The summed E-state index contributed by atoms with van der Waals surface area (Å²) in [5.41, 5.74) is 1.34. The number of rotatable bonds is 2. The van der Waals surface area contributed by atoms with E-state index in [1.807, 2.05) is 6.07 Å². The van der Waals surface area contributed by atoms with Crippen LogP contribution in [-0.4, -0.2) is 5.11 Å². The highest BCUT2D eigenvalue weighted by Gasteiger charge is 2.17. The Bertz CT molecular complexity index is 586. The normalized spacial score (nSPS) is 12.5. The summed E-state index contributed by atoms with van der Waals surface area (Å²) in [6, 6.07) is 10.4. The second-order valence-corrected chi connectivity index (χ2v) is 6.18. The number of benzene rings is 2. The molecule has 1 unspecified atom stereocenters. The van der Waals surface area contributed by atoms with Crippen LogP contribution < -0.4 is 0 Å². The third-order valence-electron chi connectivity index (χ3n) is 2.51. The molecule has 0 saturated heterocycles. The zero-order valence-electron chi connectivity index (χ0n) is 9.00. The minimum absolute atomic E-state index is 0.436. The van der Waals surface area contributed by atoms with Crippen LogP contribution in [0.4, 0.5) is 0 Å². The number of halogens is 4. The Morgan fingerprint density at radius 3 is 2.17 bits per heavy atom. The lowest BCUT2D eigenvalue weighted by Crippen LogP contribution is -2.02. The van der Waals surface area contributed by atoms with Gasteiger partial charge in [0.25, 0.3) is 0 Å². The van der Waals surface area contributed by atoms with Gasteiger partial charge in [-0.15, -0.1) is 0 Å². The van der Waals surface area contributed by atoms with Crippen molar-refractivity contribution in [2.24, 2.45) is 0 Å². The van der Waals surface area contributed by atoms with E-state index in [9.17, 15) is 5.11 Å². The molecule has 0 radical (unpaired) electrons. The first kappa shape index (κ1) is 14.4. The summed E-state index contributed by atoms with van der Waals surface area (Å²) in [5.74, 6) is 0. The van der Waals surface area contributed by atoms with Gasteiger partial charge >= 0.3 is 0 Å². The van der Waals surface area contributed by atoms with Crippen molar-refractivity contribution in [1.82, 2.24) is 0 Å². The second kappa shape index (κ2) is 5.97. The van der Waals surface area contributed by atoms with E-state index in [1.165, 1.54) is 0 Å². The molecule has 2 rings (SSSR count). The van der Waals surface area contributed by atoms with E-state index in [2.05, 4.69) is 22.6 Å². The highest BCUT2D eigenvalue weighted by Crippen LogP contribution is 2.33. The van der Waals surface area contributed by atoms with Crippen LogP contribution in [0.15, 0.2) is 36.4 Å². The molecule has 2 aromatic carbocycles. The molecule has 2 aromatic rings. The summed E-state index contributed by atoms with van der Waals surface area (Å²) in [6.45, 7) is 0. The van der Waals surface area contributed by atoms with Gasteiger partial charge in [-0.25, -0.2) is 0 Å². The average molecular weight is 413 g/mol. The highest BCUT2D eigenvalue weighted by molar-refractivity contribution is 14.1. The maximum Gasteiger partial charge on any atom is 0.107 e. The molecule has 0 aliphatic carbocycles. The first-order valence-corrected chi connectivity index (χ1v) is 7.28. The van der Waals surface area contributed by atoms with Crippen LogP contribution in [0.25, 0.3) is 0 Å². The monoisotopic (exact) mass is 412 g/mol. The van der Waals surface area contributed by atoms with Gasteiger partial charge in [-0.3, -0.25) is 0 Å². The van der Waals surface area contributed by atoms with Crippen molar-refractivity contribution >= 4 is 57.4 Å². The van der Waals surface area contributed by atoms with Crippen LogP contribution in [0.5, 0.6) is 0 Å². The fourth-order valence-electron chi connectivity index (χ4n) is 1.61. The van der Waals surface area contributed by atoms with Crippen molar-refractivity contribution in [3.05, 3.63) is 66.2 Å². The topological polar surface area (TPSA) is 20.2 Å². The van der Waals surface area contributed by atoms with E-state index < -0.39 is 6.10 Å². The molecule has 0 aliphatic rings. The Balaban J connectivity index is 2.47. The van der Waals surface area contributed by atoms with Gasteiger partial charge in [0.1, 0.15) is 6.10 Å². The number of aliphatic hydroxyl groups excluding tert-OH is 1. The third kappa shape index (κ3) is 3.11. The predicted octanol–water partition coefficient (Wildman–Crippen LogP) is 5.33. The van der Waals surface area contributed by atoms with E-state index in [-0.39, 0.29) is 0 Å². The zero-order chi connectivity index (χ0) is 13.3. The van der Waals surface area contributed by atoms with Crippen LogP contribution in [0.2, 0.25) is 15.1 Å². The SMILES string of the molecule is OC(c1ccc(Cl)cc1Cl)c1cc(Cl)ccc1I. The highest BCUT2D eigenvalue weighted by atomic mass is 127. The molecular weight excluding hydrogens is 405 g/mol. The van der Waals surface area contributed by atoms with E-state index >= 15 is 0 Å². The predicted molar refractivity (Wildman–Crippen MR) is 84.7 cm³/mol. The van der Waals surface area contributed by atoms with Gasteiger partial charge in [0.2, 0.25) is 0 Å². The van der Waals surface area contributed by atoms with Crippen LogP contribution in [-0.2, 0) is 0 Å².